The Kier molecular flexibility index (Phi) is 3.96. The van der Waals surface area contributed by atoms with Crippen LogP contribution in [0.4, 0.5) is 18.9 Å². The van der Waals surface area contributed by atoms with Crippen molar-refractivity contribution in [2.75, 3.05) is 11.9 Å². The molecule has 0 bridgehead atoms. The van der Waals surface area contributed by atoms with Crippen LogP contribution in [0.25, 0.3) is 22.6 Å². The molecule has 2 aromatic carbocycles. The van der Waals surface area contributed by atoms with Gasteiger partial charge < -0.3 is 9.32 Å². The number of amides is 1. The first-order chi connectivity index (χ1) is 11.3. The number of fused-ring (bicyclic) bond motifs is 1. The first kappa shape index (κ1) is 16.3. The number of hydrogen-bond acceptors (Lipinski definition) is 3. The quantitative estimate of drug-likeness (QED) is 0.671. The van der Waals surface area contributed by atoms with Gasteiger partial charge in [-0.05, 0) is 36.4 Å². The van der Waals surface area contributed by atoms with E-state index in [1.54, 1.807) is 24.3 Å². The van der Waals surface area contributed by atoms with Crippen LogP contribution in [0, 0.1) is 0 Å². The average Bonchev–Trinajstić information content (AvgIpc) is 2.95. The van der Waals surface area contributed by atoms with E-state index in [-0.39, 0.29) is 11.6 Å². The fourth-order valence-corrected chi connectivity index (χ4v) is 2.37. The number of rotatable bonds is 2. The number of anilines is 1. The minimum absolute atomic E-state index is 0.0655. The molecule has 0 aliphatic carbocycles. The molecule has 4 nitrogen and oxygen atoms in total. The number of halogens is 4. The van der Waals surface area contributed by atoms with Crippen LogP contribution in [-0.4, -0.2) is 24.1 Å². The van der Waals surface area contributed by atoms with E-state index in [0.717, 1.165) is 7.05 Å². The normalized spacial score (nSPS) is 11.7. The number of oxazole rings is 1. The highest BCUT2D eigenvalue weighted by molar-refractivity contribution is 6.30. The predicted octanol–water partition coefficient (Wildman–Crippen LogP) is 4.67. The van der Waals surface area contributed by atoms with Gasteiger partial charge in [-0.2, -0.15) is 13.2 Å². The summed E-state index contributed by atoms with van der Waals surface area (Å²) in [5.41, 5.74) is 1.43. The first-order valence-corrected chi connectivity index (χ1v) is 7.15. The van der Waals surface area contributed by atoms with Crippen LogP contribution in [0.1, 0.15) is 0 Å². The van der Waals surface area contributed by atoms with Gasteiger partial charge >= 0.3 is 12.1 Å². The monoisotopic (exact) mass is 354 g/mol. The SMILES string of the molecule is CN(C(=O)C(F)(F)F)c1ccc2oc(-c3cccc(Cl)c3)nc2c1. The van der Waals surface area contributed by atoms with Crippen LogP contribution in [0.3, 0.4) is 0 Å². The smallest absolute Gasteiger partial charge is 0.436 e. The molecule has 1 heterocycles. The lowest BCUT2D eigenvalue weighted by Gasteiger charge is -2.18. The van der Waals surface area contributed by atoms with Gasteiger partial charge in [0.15, 0.2) is 5.58 Å². The topological polar surface area (TPSA) is 46.3 Å². The van der Waals surface area contributed by atoms with Crippen molar-refractivity contribution in [2.45, 2.75) is 6.18 Å². The standard InChI is InChI=1S/C16H10ClF3N2O2/c1-22(15(23)16(18,19)20)11-5-6-13-12(8-11)21-14(24-13)9-3-2-4-10(17)7-9/h2-8H,1H3. The summed E-state index contributed by atoms with van der Waals surface area (Å²) < 4.78 is 43.1. The zero-order valence-electron chi connectivity index (χ0n) is 12.3. The number of nitrogens with zero attached hydrogens (tertiary/aromatic N) is 2. The van der Waals surface area contributed by atoms with Crippen molar-refractivity contribution in [3.8, 4) is 11.5 Å². The van der Waals surface area contributed by atoms with Crippen LogP contribution in [0.15, 0.2) is 46.9 Å². The number of hydrogen-bond donors (Lipinski definition) is 0. The minimum Gasteiger partial charge on any atom is -0.436 e. The molecule has 3 aromatic rings. The first-order valence-electron chi connectivity index (χ1n) is 6.77. The van der Waals surface area contributed by atoms with Crippen LogP contribution in [0.5, 0.6) is 0 Å². The van der Waals surface area contributed by atoms with E-state index in [1.807, 2.05) is 0 Å². The molecule has 0 radical (unpaired) electrons. The van der Waals surface area contributed by atoms with Crippen molar-refractivity contribution in [3.05, 3.63) is 47.5 Å². The maximum atomic E-state index is 12.5. The molecule has 8 heteroatoms. The summed E-state index contributed by atoms with van der Waals surface area (Å²) in [7, 11) is 1.05. The third-order valence-electron chi connectivity index (χ3n) is 3.38. The van der Waals surface area contributed by atoms with Crippen molar-refractivity contribution in [2.24, 2.45) is 0 Å². The van der Waals surface area contributed by atoms with Gasteiger partial charge in [-0.25, -0.2) is 4.98 Å². The van der Waals surface area contributed by atoms with Crippen LogP contribution in [0.2, 0.25) is 5.02 Å². The minimum atomic E-state index is -4.94. The van der Waals surface area contributed by atoms with Gasteiger partial charge in [0.05, 0.1) is 0 Å². The molecule has 24 heavy (non-hydrogen) atoms. The second-order valence-corrected chi connectivity index (χ2v) is 5.48. The van der Waals surface area contributed by atoms with Crippen molar-refractivity contribution >= 4 is 34.3 Å². The molecule has 1 aromatic heterocycles. The molecule has 0 saturated heterocycles. The number of carbonyl (C=O) groups is 1. The molecule has 0 fully saturated rings. The third-order valence-corrected chi connectivity index (χ3v) is 3.61. The van der Waals surface area contributed by atoms with Crippen LogP contribution in [-0.2, 0) is 4.79 Å². The summed E-state index contributed by atoms with van der Waals surface area (Å²) >= 11 is 5.92. The lowest BCUT2D eigenvalue weighted by atomic mass is 10.2. The lowest BCUT2D eigenvalue weighted by molar-refractivity contribution is -0.170. The highest BCUT2D eigenvalue weighted by Gasteiger charge is 2.41. The number of benzene rings is 2. The van der Waals surface area contributed by atoms with Crippen molar-refractivity contribution in [1.82, 2.24) is 4.98 Å². The van der Waals surface area contributed by atoms with Gasteiger partial charge in [-0.3, -0.25) is 4.79 Å². The number of alkyl halides is 3. The number of carbonyl (C=O) groups excluding carboxylic acids is 1. The zero-order valence-corrected chi connectivity index (χ0v) is 13.0. The Bertz CT molecular complexity index is 921. The number of aromatic nitrogens is 1. The second-order valence-electron chi connectivity index (χ2n) is 5.04. The van der Waals surface area contributed by atoms with Crippen molar-refractivity contribution < 1.29 is 22.4 Å². The van der Waals surface area contributed by atoms with Crippen molar-refractivity contribution in [3.63, 3.8) is 0 Å². The summed E-state index contributed by atoms with van der Waals surface area (Å²) in [6.07, 6.45) is -4.94. The highest BCUT2D eigenvalue weighted by Crippen LogP contribution is 2.29. The van der Waals surface area contributed by atoms with E-state index in [4.69, 9.17) is 16.0 Å². The van der Waals surface area contributed by atoms with Crippen LogP contribution >= 0.6 is 11.6 Å². The van der Waals surface area contributed by atoms with Crippen LogP contribution < -0.4 is 4.90 Å². The van der Waals surface area contributed by atoms with Gasteiger partial charge in [-0.15, -0.1) is 0 Å². The molecule has 0 aliphatic heterocycles. The average molecular weight is 355 g/mol. The fraction of sp³-hybridized carbons (Fsp3) is 0.125. The highest BCUT2D eigenvalue weighted by atomic mass is 35.5. The van der Waals surface area contributed by atoms with E-state index in [9.17, 15) is 18.0 Å². The van der Waals surface area contributed by atoms with E-state index >= 15 is 0 Å². The molecule has 0 aliphatic rings. The van der Waals surface area contributed by atoms with Crippen molar-refractivity contribution in [1.29, 1.82) is 0 Å². The predicted molar refractivity (Wildman–Crippen MR) is 83.9 cm³/mol. The van der Waals surface area contributed by atoms with Gasteiger partial charge in [0.1, 0.15) is 5.52 Å². The maximum absolute atomic E-state index is 12.5. The Morgan fingerprint density at radius 3 is 2.62 bits per heavy atom. The Morgan fingerprint density at radius 2 is 1.96 bits per heavy atom. The Hall–Kier alpha value is -2.54. The Balaban J connectivity index is 1.99. The molecule has 3 rings (SSSR count). The molecule has 124 valence electrons. The summed E-state index contributed by atoms with van der Waals surface area (Å²) in [5, 5.41) is 0.506. The van der Waals surface area contributed by atoms with E-state index in [1.165, 1.54) is 18.2 Å². The molecule has 0 atom stereocenters. The van der Waals surface area contributed by atoms with Gasteiger partial charge in [-0.1, -0.05) is 17.7 Å². The zero-order chi connectivity index (χ0) is 17.5. The molecule has 0 spiro atoms. The summed E-state index contributed by atoms with van der Waals surface area (Å²) in [4.78, 5) is 16.1. The van der Waals surface area contributed by atoms with Gasteiger partial charge in [0.2, 0.25) is 5.89 Å². The van der Waals surface area contributed by atoms with E-state index in [0.29, 0.717) is 26.6 Å². The maximum Gasteiger partial charge on any atom is 0.471 e. The Labute approximate surface area is 139 Å². The lowest BCUT2D eigenvalue weighted by Crippen LogP contribution is -2.38. The summed E-state index contributed by atoms with van der Waals surface area (Å²) in [6.45, 7) is 0. The van der Waals surface area contributed by atoms with Gasteiger partial charge in [0, 0.05) is 23.3 Å². The fourth-order valence-electron chi connectivity index (χ4n) is 2.18. The summed E-state index contributed by atoms with van der Waals surface area (Å²) in [6, 6.07) is 11.0. The van der Waals surface area contributed by atoms with E-state index in [2.05, 4.69) is 4.98 Å². The summed E-state index contributed by atoms with van der Waals surface area (Å²) in [5.74, 6) is -1.67. The second kappa shape index (κ2) is 5.83. The molecular weight excluding hydrogens is 345 g/mol. The molecular formula is C16H10ClF3N2O2. The third kappa shape index (κ3) is 3.07. The van der Waals surface area contributed by atoms with E-state index < -0.39 is 12.1 Å². The van der Waals surface area contributed by atoms with Gasteiger partial charge in [0.25, 0.3) is 0 Å². The largest absolute Gasteiger partial charge is 0.471 e. The molecule has 0 unspecified atom stereocenters. The molecule has 1 amide bonds. The molecule has 0 N–H and O–H groups in total. The Morgan fingerprint density at radius 1 is 1.21 bits per heavy atom. The molecule has 0 saturated carbocycles.